The maximum Gasteiger partial charge on any atom is 0.254 e. The number of amides is 1. The summed E-state index contributed by atoms with van der Waals surface area (Å²) in [6.07, 6.45) is 0. The minimum absolute atomic E-state index is 0.253. The van der Waals surface area contributed by atoms with Gasteiger partial charge in [-0.3, -0.25) is 4.79 Å². The molecule has 0 saturated carbocycles. The van der Waals surface area contributed by atoms with Crippen molar-refractivity contribution in [2.75, 3.05) is 0 Å². The molecule has 0 aliphatic heterocycles. The number of hydrogen-bond donors (Lipinski definition) is 1. The molecule has 1 aromatic heterocycles. The summed E-state index contributed by atoms with van der Waals surface area (Å²) in [5, 5.41) is 4.60. The second-order valence-electron chi connectivity index (χ2n) is 3.46. The van der Waals surface area contributed by atoms with Crippen molar-refractivity contribution in [2.45, 2.75) is 6.92 Å². The summed E-state index contributed by atoms with van der Waals surface area (Å²) in [6.45, 7) is 1.62. The molecule has 0 saturated heterocycles. The third-order valence-electron chi connectivity index (χ3n) is 2.30. The van der Waals surface area contributed by atoms with Crippen LogP contribution in [0.5, 0.6) is 0 Å². The molecule has 0 bridgehead atoms. The number of primary amides is 1. The van der Waals surface area contributed by atoms with Crippen molar-refractivity contribution in [3.63, 3.8) is 0 Å². The Hall–Kier alpha value is -1.52. The van der Waals surface area contributed by atoms with Gasteiger partial charge in [0.2, 0.25) is 0 Å². The Balaban J connectivity index is 2.60. The molecule has 6 heteroatoms. The van der Waals surface area contributed by atoms with Crippen molar-refractivity contribution in [3.05, 3.63) is 39.6 Å². The van der Waals surface area contributed by atoms with E-state index in [1.807, 2.05) is 0 Å². The molecule has 17 heavy (non-hydrogen) atoms. The van der Waals surface area contributed by atoms with E-state index in [0.29, 0.717) is 27.1 Å². The van der Waals surface area contributed by atoms with Crippen LogP contribution in [0, 0.1) is 6.92 Å². The first-order valence-electron chi connectivity index (χ1n) is 4.72. The molecule has 1 heterocycles. The number of aryl methyl sites for hydroxylation is 1. The predicted octanol–water partition coefficient (Wildman–Crippen LogP) is 3.06. The molecule has 0 unspecified atom stereocenters. The number of carbonyl (C=O) groups is 1. The molecule has 0 fully saturated rings. The molecular weight excluding hydrogens is 263 g/mol. The Labute approximate surface area is 107 Å². The first-order chi connectivity index (χ1) is 8.00. The van der Waals surface area contributed by atoms with Crippen LogP contribution < -0.4 is 5.73 Å². The van der Waals surface area contributed by atoms with Gasteiger partial charge in [-0.1, -0.05) is 34.4 Å². The zero-order valence-corrected chi connectivity index (χ0v) is 10.3. The van der Waals surface area contributed by atoms with Crippen LogP contribution in [0.15, 0.2) is 22.7 Å². The molecule has 0 atom stereocenters. The Kier molecular flexibility index (Phi) is 3.09. The summed E-state index contributed by atoms with van der Waals surface area (Å²) >= 11 is 11.7. The van der Waals surface area contributed by atoms with Crippen molar-refractivity contribution in [1.82, 2.24) is 5.16 Å². The number of rotatable bonds is 2. The number of carbonyl (C=O) groups excluding carboxylic acids is 1. The first-order valence-corrected chi connectivity index (χ1v) is 5.48. The van der Waals surface area contributed by atoms with Crippen LogP contribution in [0.4, 0.5) is 0 Å². The molecule has 0 radical (unpaired) electrons. The topological polar surface area (TPSA) is 69.1 Å². The SMILES string of the molecule is Cc1onc(-c2ccc(Cl)c(Cl)c2)c1C(N)=O. The fraction of sp³-hybridized carbons (Fsp3) is 0.0909. The summed E-state index contributed by atoms with van der Waals surface area (Å²) in [5.41, 5.74) is 6.52. The van der Waals surface area contributed by atoms with Crippen molar-refractivity contribution in [3.8, 4) is 11.3 Å². The molecule has 88 valence electrons. The summed E-state index contributed by atoms with van der Waals surface area (Å²) in [7, 11) is 0. The van der Waals surface area contributed by atoms with Gasteiger partial charge < -0.3 is 10.3 Å². The number of aromatic nitrogens is 1. The molecule has 4 nitrogen and oxygen atoms in total. The smallest absolute Gasteiger partial charge is 0.254 e. The molecule has 1 amide bonds. The van der Waals surface area contributed by atoms with Gasteiger partial charge in [-0.05, 0) is 19.1 Å². The van der Waals surface area contributed by atoms with E-state index in [2.05, 4.69) is 5.16 Å². The van der Waals surface area contributed by atoms with Crippen molar-refractivity contribution in [2.24, 2.45) is 5.73 Å². The van der Waals surface area contributed by atoms with Crippen LogP contribution in [0.2, 0.25) is 10.0 Å². The summed E-state index contributed by atoms with van der Waals surface area (Å²) in [6, 6.07) is 4.92. The highest BCUT2D eigenvalue weighted by Crippen LogP contribution is 2.30. The van der Waals surface area contributed by atoms with Crippen LogP contribution >= 0.6 is 23.2 Å². The minimum atomic E-state index is -0.593. The third-order valence-corrected chi connectivity index (χ3v) is 3.04. The number of hydrogen-bond acceptors (Lipinski definition) is 3. The van der Waals surface area contributed by atoms with Crippen LogP contribution in [-0.2, 0) is 0 Å². The summed E-state index contributed by atoms with van der Waals surface area (Å²) < 4.78 is 4.95. The Morgan fingerprint density at radius 2 is 2.06 bits per heavy atom. The maximum atomic E-state index is 11.3. The molecule has 2 aromatic rings. The fourth-order valence-corrected chi connectivity index (χ4v) is 1.80. The van der Waals surface area contributed by atoms with Gasteiger partial charge in [0, 0.05) is 5.56 Å². The van der Waals surface area contributed by atoms with Gasteiger partial charge in [0.05, 0.1) is 10.0 Å². The zero-order valence-electron chi connectivity index (χ0n) is 8.83. The zero-order chi connectivity index (χ0) is 12.6. The molecule has 2 N–H and O–H groups in total. The predicted molar refractivity (Wildman–Crippen MR) is 65.2 cm³/mol. The van der Waals surface area contributed by atoms with Crippen LogP contribution in [0.1, 0.15) is 16.1 Å². The molecular formula is C11H8Cl2N2O2. The van der Waals surface area contributed by atoms with Crippen molar-refractivity contribution >= 4 is 29.1 Å². The molecule has 2 rings (SSSR count). The lowest BCUT2D eigenvalue weighted by molar-refractivity contribution is 0.0999. The van der Waals surface area contributed by atoms with Gasteiger partial charge in [-0.15, -0.1) is 0 Å². The van der Waals surface area contributed by atoms with E-state index < -0.39 is 5.91 Å². The van der Waals surface area contributed by atoms with Gasteiger partial charge in [0.25, 0.3) is 5.91 Å². The van der Waals surface area contributed by atoms with E-state index >= 15 is 0 Å². The fourth-order valence-electron chi connectivity index (χ4n) is 1.50. The largest absolute Gasteiger partial charge is 0.365 e. The van der Waals surface area contributed by atoms with Crippen molar-refractivity contribution < 1.29 is 9.32 Å². The monoisotopic (exact) mass is 270 g/mol. The van der Waals surface area contributed by atoms with Gasteiger partial charge in [0.15, 0.2) is 0 Å². The second kappa shape index (κ2) is 4.39. The first kappa shape index (κ1) is 12.0. The second-order valence-corrected chi connectivity index (χ2v) is 4.27. The molecule has 0 aliphatic rings. The number of benzene rings is 1. The van der Waals surface area contributed by atoms with E-state index in [1.54, 1.807) is 25.1 Å². The lowest BCUT2D eigenvalue weighted by Crippen LogP contribution is -2.12. The lowest BCUT2D eigenvalue weighted by atomic mass is 10.1. The van der Waals surface area contributed by atoms with Gasteiger partial charge in [0.1, 0.15) is 17.0 Å². The summed E-state index contributed by atoms with van der Waals surface area (Å²) in [4.78, 5) is 11.3. The lowest BCUT2D eigenvalue weighted by Gasteiger charge is -2.01. The van der Waals surface area contributed by atoms with Crippen LogP contribution in [0.25, 0.3) is 11.3 Å². The quantitative estimate of drug-likeness (QED) is 0.912. The molecule has 0 spiro atoms. The van der Waals surface area contributed by atoms with Gasteiger partial charge in [-0.2, -0.15) is 0 Å². The van der Waals surface area contributed by atoms with Crippen LogP contribution in [0.3, 0.4) is 0 Å². The standard InChI is InChI=1S/C11H8Cl2N2O2/c1-5-9(11(14)16)10(15-17-5)6-2-3-7(12)8(13)4-6/h2-4H,1H3,(H2,14,16). The minimum Gasteiger partial charge on any atom is -0.365 e. The normalized spacial score (nSPS) is 10.5. The highest BCUT2D eigenvalue weighted by molar-refractivity contribution is 6.42. The summed E-state index contributed by atoms with van der Waals surface area (Å²) in [5.74, 6) is -0.219. The average Bonchev–Trinajstić information content (AvgIpc) is 2.64. The Morgan fingerprint density at radius 1 is 1.35 bits per heavy atom. The van der Waals surface area contributed by atoms with Gasteiger partial charge >= 0.3 is 0 Å². The van der Waals surface area contributed by atoms with E-state index in [1.165, 1.54) is 0 Å². The number of nitrogens with two attached hydrogens (primary N) is 1. The van der Waals surface area contributed by atoms with Crippen LogP contribution in [-0.4, -0.2) is 11.1 Å². The highest BCUT2D eigenvalue weighted by atomic mass is 35.5. The Morgan fingerprint density at radius 3 is 2.65 bits per heavy atom. The third kappa shape index (κ3) is 2.14. The number of nitrogens with zero attached hydrogens (tertiary/aromatic N) is 1. The highest BCUT2D eigenvalue weighted by Gasteiger charge is 2.19. The molecule has 1 aromatic carbocycles. The van der Waals surface area contributed by atoms with Crippen molar-refractivity contribution in [1.29, 1.82) is 0 Å². The maximum absolute atomic E-state index is 11.3. The molecule has 0 aliphatic carbocycles. The average molecular weight is 271 g/mol. The van der Waals surface area contributed by atoms with E-state index in [-0.39, 0.29) is 5.56 Å². The van der Waals surface area contributed by atoms with E-state index in [0.717, 1.165) is 0 Å². The van der Waals surface area contributed by atoms with E-state index in [9.17, 15) is 4.79 Å². The Bertz CT molecular complexity index is 593. The van der Waals surface area contributed by atoms with E-state index in [4.69, 9.17) is 33.5 Å². The number of halogens is 2. The van der Waals surface area contributed by atoms with Gasteiger partial charge in [-0.25, -0.2) is 0 Å².